The summed E-state index contributed by atoms with van der Waals surface area (Å²) in [5, 5.41) is 3.19. The molecule has 0 bridgehead atoms. The van der Waals surface area contributed by atoms with Gasteiger partial charge < -0.3 is 10.1 Å². The molecule has 2 aromatic carbocycles. The van der Waals surface area contributed by atoms with Crippen molar-refractivity contribution >= 4 is 45.4 Å². The molecule has 0 spiro atoms. The second-order valence-corrected chi connectivity index (χ2v) is 5.95. The highest BCUT2D eigenvalue weighted by atomic mass is 79.9. The summed E-state index contributed by atoms with van der Waals surface area (Å²) in [4.78, 5) is 22.9. The number of amides is 1. The van der Waals surface area contributed by atoms with Crippen LogP contribution in [0.2, 0.25) is 5.02 Å². The Balaban J connectivity index is 2.00. The first kappa shape index (κ1) is 16.5. The molecule has 0 heterocycles. The zero-order valence-corrected chi connectivity index (χ0v) is 14.1. The first-order valence-electron chi connectivity index (χ1n) is 6.43. The van der Waals surface area contributed by atoms with Gasteiger partial charge in [-0.15, -0.1) is 0 Å². The number of benzene rings is 2. The second kappa shape index (κ2) is 7.42. The average molecular weight is 383 g/mol. The number of carbonyl (C=O) groups excluding carboxylic acids is 2. The van der Waals surface area contributed by atoms with Crippen molar-refractivity contribution in [2.24, 2.45) is 0 Å². The van der Waals surface area contributed by atoms with Crippen LogP contribution in [0.15, 0.2) is 40.9 Å². The Kier molecular flexibility index (Phi) is 5.57. The summed E-state index contributed by atoms with van der Waals surface area (Å²) >= 11 is 9.16. The Morgan fingerprint density at radius 2 is 2.09 bits per heavy atom. The number of anilines is 1. The highest BCUT2D eigenvalue weighted by Crippen LogP contribution is 2.22. The molecule has 0 fully saturated rings. The van der Waals surface area contributed by atoms with E-state index in [1.807, 2.05) is 19.1 Å². The standard InChI is InChI=1S/C16H13BrClNO3/c1-10-6-12(17)2-4-14(10)19-16(21)9-22-15-5-3-13(18)7-11(15)8-20/h2-8H,9H2,1H3,(H,19,21). The van der Waals surface area contributed by atoms with E-state index in [4.69, 9.17) is 16.3 Å². The van der Waals surface area contributed by atoms with E-state index in [-0.39, 0.29) is 12.5 Å². The van der Waals surface area contributed by atoms with Crippen LogP contribution >= 0.6 is 27.5 Å². The van der Waals surface area contributed by atoms with E-state index >= 15 is 0 Å². The van der Waals surface area contributed by atoms with Crippen molar-refractivity contribution in [1.82, 2.24) is 0 Å². The molecule has 4 nitrogen and oxygen atoms in total. The number of rotatable bonds is 5. The van der Waals surface area contributed by atoms with Crippen molar-refractivity contribution in [3.05, 3.63) is 57.0 Å². The predicted octanol–water partition coefficient (Wildman–Crippen LogP) is 4.24. The monoisotopic (exact) mass is 381 g/mol. The van der Waals surface area contributed by atoms with Gasteiger partial charge in [-0.2, -0.15) is 0 Å². The molecule has 0 aliphatic rings. The fourth-order valence-corrected chi connectivity index (χ4v) is 2.50. The molecular formula is C16H13BrClNO3. The minimum atomic E-state index is -0.308. The van der Waals surface area contributed by atoms with Gasteiger partial charge in [-0.3, -0.25) is 9.59 Å². The van der Waals surface area contributed by atoms with E-state index in [1.54, 1.807) is 18.2 Å². The summed E-state index contributed by atoms with van der Waals surface area (Å²) in [7, 11) is 0. The van der Waals surface area contributed by atoms with Gasteiger partial charge in [0.25, 0.3) is 5.91 Å². The van der Waals surface area contributed by atoms with Crippen LogP contribution in [0.5, 0.6) is 5.75 Å². The molecule has 1 amide bonds. The van der Waals surface area contributed by atoms with Crippen molar-refractivity contribution in [2.45, 2.75) is 6.92 Å². The molecule has 0 saturated carbocycles. The second-order valence-electron chi connectivity index (χ2n) is 4.60. The summed E-state index contributed by atoms with van der Waals surface area (Å²) in [6.45, 7) is 1.70. The van der Waals surface area contributed by atoms with E-state index in [2.05, 4.69) is 21.2 Å². The molecule has 1 N–H and O–H groups in total. The zero-order chi connectivity index (χ0) is 16.1. The van der Waals surface area contributed by atoms with E-state index in [1.165, 1.54) is 6.07 Å². The molecule has 0 radical (unpaired) electrons. The summed E-state index contributed by atoms with van der Waals surface area (Å²) < 4.78 is 6.31. The Bertz CT molecular complexity index is 719. The van der Waals surface area contributed by atoms with Crippen molar-refractivity contribution in [1.29, 1.82) is 0 Å². The molecule has 0 atom stereocenters. The molecule has 114 valence electrons. The maximum atomic E-state index is 11.9. The molecule has 0 aliphatic heterocycles. The van der Waals surface area contributed by atoms with Gasteiger partial charge in [0.15, 0.2) is 12.9 Å². The molecule has 0 unspecified atom stereocenters. The van der Waals surface area contributed by atoms with Gasteiger partial charge in [0.2, 0.25) is 0 Å². The van der Waals surface area contributed by atoms with E-state index in [0.717, 1.165) is 10.0 Å². The van der Waals surface area contributed by atoms with Gasteiger partial charge in [0.05, 0.1) is 5.56 Å². The zero-order valence-electron chi connectivity index (χ0n) is 11.7. The van der Waals surface area contributed by atoms with Crippen LogP contribution in [0.25, 0.3) is 0 Å². The molecule has 0 aromatic heterocycles. The summed E-state index contributed by atoms with van der Waals surface area (Å²) in [5.74, 6) is 0.0132. The van der Waals surface area contributed by atoms with Crippen LogP contribution in [0.4, 0.5) is 5.69 Å². The number of carbonyl (C=O) groups is 2. The SMILES string of the molecule is Cc1cc(Br)ccc1NC(=O)COc1ccc(Cl)cc1C=O. The Morgan fingerprint density at radius 1 is 1.32 bits per heavy atom. The number of halogens is 2. The van der Waals surface area contributed by atoms with Crippen LogP contribution in [-0.4, -0.2) is 18.8 Å². The topological polar surface area (TPSA) is 55.4 Å². The summed E-state index contributed by atoms with van der Waals surface area (Å²) in [5.41, 5.74) is 1.95. The normalized spacial score (nSPS) is 10.1. The fraction of sp³-hybridized carbons (Fsp3) is 0.125. The lowest BCUT2D eigenvalue weighted by molar-refractivity contribution is -0.118. The minimum absolute atomic E-state index is 0.196. The number of aryl methyl sites for hydroxylation is 1. The van der Waals surface area contributed by atoms with Crippen LogP contribution in [0, 0.1) is 6.92 Å². The quantitative estimate of drug-likeness (QED) is 0.787. The highest BCUT2D eigenvalue weighted by Gasteiger charge is 2.09. The van der Waals surface area contributed by atoms with E-state index < -0.39 is 0 Å². The molecule has 0 aliphatic carbocycles. The van der Waals surface area contributed by atoms with E-state index in [9.17, 15) is 9.59 Å². The van der Waals surface area contributed by atoms with Crippen LogP contribution in [-0.2, 0) is 4.79 Å². The number of hydrogen-bond acceptors (Lipinski definition) is 3. The third kappa shape index (κ3) is 4.32. The Labute approximate surface area is 141 Å². The molecule has 2 rings (SSSR count). The number of hydrogen-bond donors (Lipinski definition) is 1. The lowest BCUT2D eigenvalue weighted by Gasteiger charge is -2.11. The van der Waals surface area contributed by atoms with Crippen molar-refractivity contribution < 1.29 is 14.3 Å². The van der Waals surface area contributed by atoms with Gasteiger partial charge >= 0.3 is 0 Å². The number of nitrogens with one attached hydrogen (secondary N) is 1. The Hall–Kier alpha value is -1.85. The first-order valence-corrected chi connectivity index (χ1v) is 7.60. The predicted molar refractivity (Wildman–Crippen MR) is 89.8 cm³/mol. The van der Waals surface area contributed by atoms with Crippen LogP contribution in [0.1, 0.15) is 15.9 Å². The fourth-order valence-electron chi connectivity index (χ4n) is 1.84. The average Bonchev–Trinajstić information content (AvgIpc) is 2.48. The van der Waals surface area contributed by atoms with Gasteiger partial charge in [-0.25, -0.2) is 0 Å². The van der Waals surface area contributed by atoms with Crippen LogP contribution in [0.3, 0.4) is 0 Å². The lowest BCUT2D eigenvalue weighted by atomic mass is 10.2. The van der Waals surface area contributed by atoms with Gasteiger partial charge in [-0.05, 0) is 48.9 Å². The number of ether oxygens (including phenoxy) is 1. The first-order chi connectivity index (χ1) is 10.5. The van der Waals surface area contributed by atoms with Crippen molar-refractivity contribution in [2.75, 3.05) is 11.9 Å². The van der Waals surface area contributed by atoms with Crippen molar-refractivity contribution in [3.8, 4) is 5.75 Å². The maximum Gasteiger partial charge on any atom is 0.262 e. The lowest BCUT2D eigenvalue weighted by Crippen LogP contribution is -2.21. The highest BCUT2D eigenvalue weighted by molar-refractivity contribution is 9.10. The molecule has 6 heteroatoms. The molecule has 2 aromatic rings. The van der Waals surface area contributed by atoms with E-state index in [0.29, 0.717) is 28.3 Å². The largest absolute Gasteiger partial charge is 0.483 e. The van der Waals surface area contributed by atoms with Gasteiger partial charge in [0.1, 0.15) is 5.75 Å². The minimum Gasteiger partial charge on any atom is -0.483 e. The van der Waals surface area contributed by atoms with Gasteiger partial charge in [0, 0.05) is 15.2 Å². The third-order valence-corrected chi connectivity index (χ3v) is 3.65. The maximum absolute atomic E-state index is 11.9. The molecule has 22 heavy (non-hydrogen) atoms. The third-order valence-electron chi connectivity index (χ3n) is 2.92. The molecular weight excluding hydrogens is 370 g/mol. The smallest absolute Gasteiger partial charge is 0.262 e. The number of aldehydes is 1. The van der Waals surface area contributed by atoms with Crippen molar-refractivity contribution in [3.63, 3.8) is 0 Å². The molecule has 0 saturated heterocycles. The summed E-state index contributed by atoms with van der Waals surface area (Å²) in [6.07, 6.45) is 0.637. The van der Waals surface area contributed by atoms with Gasteiger partial charge in [-0.1, -0.05) is 27.5 Å². The summed E-state index contributed by atoms with van der Waals surface area (Å²) in [6, 6.07) is 10.2. The Morgan fingerprint density at radius 3 is 2.77 bits per heavy atom. The van der Waals surface area contributed by atoms with Crippen LogP contribution < -0.4 is 10.1 Å².